The second-order valence-electron chi connectivity index (χ2n) is 6.59. The van der Waals surface area contributed by atoms with E-state index in [2.05, 4.69) is 9.97 Å². The van der Waals surface area contributed by atoms with Crippen molar-refractivity contribution in [3.05, 3.63) is 65.5 Å². The van der Waals surface area contributed by atoms with E-state index in [1.807, 2.05) is 0 Å². The molecule has 0 unspecified atom stereocenters. The molecule has 0 fully saturated rings. The zero-order valence-corrected chi connectivity index (χ0v) is 16.1. The summed E-state index contributed by atoms with van der Waals surface area (Å²) in [7, 11) is -2.74. The van der Waals surface area contributed by atoms with Gasteiger partial charge in [0.05, 0.1) is 24.2 Å². The van der Waals surface area contributed by atoms with Crippen molar-refractivity contribution in [2.75, 3.05) is 7.11 Å². The summed E-state index contributed by atoms with van der Waals surface area (Å²) >= 11 is 0. The Balaban J connectivity index is 1.87. The molecule has 4 rings (SSSR count). The maximum absolute atomic E-state index is 14.5. The summed E-state index contributed by atoms with van der Waals surface area (Å²) in [6.07, 6.45) is 0.894. The fourth-order valence-electron chi connectivity index (χ4n) is 3.40. The van der Waals surface area contributed by atoms with Gasteiger partial charge >= 0.3 is 7.60 Å². The molecule has 4 aromatic rings. The van der Waals surface area contributed by atoms with Crippen molar-refractivity contribution in [1.82, 2.24) is 14.5 Å². The lowest BCUT2D eigenvalue weighted by Crippen LogP contribution is -2.02. The van der Waals surface area contributed by atoms with Gasteiger partial charge in [-0.25, -0.2) is 13.8 Å². The first-order chi connectivity index (χ1) is 13.8. The number of halogens is 2. The first kappa shape index (κ1) is 19.4. The van der Waals surface area contributed by atoms with Crippen molar-refractivity contribution in [3.63, 3.8) is 0 Å². The summed E-state index contributed by atoms with van der Waals surface area (Å²) in [4.78, 5) is 26.4. The van der Waals surface area contributed by atoms with Gasteiger partial charge in [0.1, 0.15) is 29.0 Å². The highest BCUT2D eigenvalue weighted by molar-refractivity contribution is 7.50. The van der Waals surface area contributed by atoms with E-state index in [0.29, 0.717) is 22.1 Å². The molecule has 0 aliphatic heterocycles. The van der Waals surface area contributed by atoms with Crippen LogP contribution in [-0.4, -0.2) is 31.4 Å². The Morgan fingerprint density at radius 1 is 1.10 bits per heavy atom. The zero-order valence-electron chi connectivity index (χ0n) is 15.2. The second kappa shape index (κ2) is 7.18. The van der Waals surface area contributed by atoms with Crippen molar-refractivity contribution in [2.24, 2.45) is 0 Å². The summed E-state index contributed by atoms with van der Waals surface area (Å²) in [5.41, 5.74) is 2.28. The molecular weight excluding hydrogens is 403 g/mol. The highest BCUT2D eigenvalue weighted by Crippen LogP contribution is 2.39. The van der Waals surface area contributed by atoms with Crippen molar-refractivity contribution < 1.29 is 27.9 Å². The highest BCUT2D eigenvalue weighted by atomic mass is 31.2. The third-order valence-electron chi connectivity index (χ3n) is 4.57. The van der Waals surface area contributed by atoms with Crippen LogP contribution in [-0.2, 0) is 17.3 Å². The third-order valence-corrected chi connectivity index (χ3v) is 5.34. The molecule has 0 spiro atoms. The molecule has 29 heavy (non-hydrogen) atoms. The van der Waals surface area contributed by atoms with E-state index in [0.717, 1.165) is 11.6 Å². The van der Waals surface area contributed by atoms with Gasteiger partial charge in [-0.2, -0.15) is 4.98 Å². The largest absolute Gasteiger partial charge is 0.479 e. The first-order valence-corrected chi connectivity index (χ1v) is 10.3. The minimum atomic E-state index is -4.17. The second-order valence-corrected chi connectivity index (χ2v) is 8.23. The summed E-state index contributed by atoms with van der Waals surface area (Å²) in [5, 5.41) is 0.167. The summed E-state index contributed by atoms with van der Waals surface area (Å²) < 4.78 is 46.6. The van der Waals surface area contributed by atoms with Crippen molar-refractivity contribution in [2.45, 2.75) is 12.7 Å². The van der Waals surface area contributed by atoms with E-state index >= 15 is 0 Å². The van der Waals surface area contributed by atoms with Crippen LogP contribution >= 0.6 is 7.60 Å². The molecule has 2 aromatic carbocycles. The average Bonchev–Trinajstić information content (AvgIpc) is 2.96. The van der Waals surface area contributed by atoms with Crippen LogP contribution in [0.4, 0.5) is 8.78 Å². The van der Waals surface area contributed by atoms with E-state index in [1.165, 1.54) is 19.5 Å². The van der Waals surface area contributed by atoms with Gasteiger partial charge in [0.15, 0.2) is 0 Å². The van der Waals surface area contributed by atoms with Gasteiger partial charge in [-0.3, -0.25) is 4.57 Å². The molecule has 2 aromatic heterocycles. The predicted octanol–water partition coefficient (Wildman–Crippen LogP) is 3.60. The number of fused-ring (bicyclic) bond motifs is 3. The molecule has 0 aliphatic rings. The van der Waals surface area contributed by atoms with Gasteiger partial charge in [-0.1, -0.05) is 24.3 Å². The van der Waals surface area contributed by atoms with Crippen LogP contribution in [0.1, 0.15) is 11.1 Å². The Bertz CT molecular complexity index is 1270. The van der Waals surface area contributed by atoms with Crippen LogP contribution in [0.3, 0.4) is 0 Å². The highest BCUT2D eigenvalue weighted by Gasteiger charge is 2.21. The van der Waals surface area contributed by atoms with Crippen LogP contribution in [0.25, 0.3) is 21.9 Å². The van der Waals surface area contributed by atoms with E-state index in [-0.39, 0.29) is 24.0 Å². The minimum Gasteiger partial charge on any atom is -0.479 e. The molecule has 7 nitrogen and oxygen atoms in total. The lowest BCUT2D eigenvalue weighted by Gasteiger charge is -2.10. The van der Waals surface area contributed by atoms with E-state index in [9.17, 15) is 13.3 Å². The molecular formula is C19H16F2N3O4P. The number of nitrogens with zero attached hydrogens (tertiary/aromatic N) is 3. The third kappa shape index (κ3) is 3.72. The smallest absolute Gasteiger partial charge is 0.329 e. The molecule has 0 saturated carbocycles. The Labute approximate surface area is 163 Å². The van der Waals surface area contributed by atoms with Crippen LogP contribution < -0.4 is 4.74 Å². The zero-order chi connectivity index (χ0) is 20.8. The first-order valence-electron chi connectivity index (χ1n) is 8.55. The number of ether oxygens (including phenoxy) is 1. The van der Waals surface area contributed by atoms with Crippen molar-refractivity contribution in [1.29, 1.82) is 0 Å². The summed E-state index contributed by atoms with van der Waals surface area (Å²) in [6.45, 7) is 0.225. The molecule has 2 N–H and O–H groups in total. The standard InChI is InChI=1S/C19H16F2N3O4P/c1-28-19-18-17(22-10-23-19)16-14(21)6-13(20)7-15(16)24(18)8-11-2-4-12(5-3-11)9-29(25,26)27/h2-7,10H,8-9H2,1H3,(H2,25,26,27). The lowest BCUT2D eigenvalue weighted by atomic mass is 10.1. The predicted molar refractivity (Wildman–Crippen MR) is 103 cm³/mol. The molecule has 0 atom stereocenters. The number of rotatable bonds is 5. The SMILES string of the molecule is COc1ncnc2c3c(F)cc(F)cc3n(Cc3ccc(CP(=O)(O)O)cc3)c12. The van der Waals surface area contributed by atoms with E-state index in [1.54, 1.807) is 28.8 Å². The fourth-order valence-corrected chi connectivity index (χ4v) is 4.09. The Kier molecular flexibility index (Phi) is 4.82. The van der Waals surface area contributed by atoms with Crippen LogP contribution in [0.5, 0.6) is 5.88 Å². The number of hydrogen-bond acceptors (Lipinski definition) is 4. The average molecular weight is 419 g/mol. The van der Waals surface area contributed by atoms with E-state index in [4.69, 9.17) is 14.5 Å². The number of benzene rings is 2. The van der Waals surface area contributed by atoms with Crippen molar-refractivity contribution >= 4 is 29.5 Å². The summed E-state index contributed by atoms with van der Waals surface area (Å²) in [5.74, 6) is -1.23. The van der Waals surface area contributed by atoms with Crippen LogP contribution in [0.15, 0.2) is 42.7 Å². The normalized spacial score (nSPS) is 12.0. The maximum Gasteiger partial charge on any atom is 0.329 e. The van der Waals surface area contributed by atoms with Gasteiger partial charge < -0.3 is 19.1 Å². The quantitative estimate of drug-likeness (QED) is 0.480. The Morgan fingerprint density at radius 2 is 1.79 bits per heavy atom. The fraction of sp³-hybridized carbons (Fsp3) is 0.158. The Morgan fingerprint density at radius 3 is 2.45 bits per heavy atom. The number of aromatic nitrogens is 3. The maximum atomic E-state index is 14.5. The van der Waals surface area contributed by atoms with Crippen molar-refractivity contribution in [3.8, 4) is 5.88 Å². The monoisotopic (exact) mass is 419 g/mol. The van der Waals surface area contributed by atoms with Gasteiger partial charge in [0, 0.05) is 12.6 Å². The lowest BCUT2D eigenvalue weighted by molar-refractivity contribution is 0.371. The van der Waals surface area contributed by atoms with Crippen LogP contribution in [0, 0.1) is 11.6 Å². The molecule has 10 heteroatoms. The Hall–Kier alpha value is -2.87. The molecule has 0 aliphatic carbocycles. The number of hydrogen-bond donors (Lipinski definition) is 2. The number of methoxy groups -OCH3 is 1. The van der Waals surface area contributed by atoms with Crippen LogP contribution in [0.2, 0.25) is 0 Å². The topological polar surface area (TPSA) is 97.5 Å². The van der Waals surface area contributed by atoms with Gasteiger partial charge in [0.2, 0.25) is 5.88 Å². The molecule has 0 bridgehead atoms. The van der Waals surface area contributed by atoms with Gasteiger partial charge in [0.25, 0.3) is 0 Å². The minimum absolute atomic E-state index is 0.167. The molecule has 0 radical (unpaired) electrons. The molecule has 0 saturated heterocycles. The molecule has 0 amide bonds. The molecule has 150 valence electrons. The van der Waals surface area contributed by atoms with E-state index < -0.39 is 19.2 Å². The summed E-state index contributed by atoms with van der Waals surface area (Å²) in [6, 6.07) is 8.65. The molecule has 2 heterocycles. The van der Waals surface area contributed by atoms with Gasteiger partial charge in [-0.05, 0) is 17.2 Å². The van der Waals surface area contributed by atoms with Gasteiger partial charge in [-0.15, -0.1) is 0 Å².